The molecule has 0 aliphatic rings. The van der Waals surface area contributed by atoms with Crippen molar-refractivity contribution in [1.82, 2.24) is 0 Å². The van der Waals surface area contributed by atoms with Crippen LogP contribution >= 0.6 is 11.3 Å². The Bertz CT molecular complexity index is 290. The van der Waals surface area contributed by atoms with Gasteiger partial charge in [0.15, 0.2) is 0 Å². The van der Waals surface area contributed by atoms with Crippen molar-refractivity contribution in [3.63, 3.8) is 0 Å². The molecular formula is C13H20OS. The van der Waals surface area contributed by atoms with Crippen LogP contribution in [0.4, 0.5) is 0 Å². The highest BCUT2D eigenvalue weighted by Gasteiger charge is 2.10. The maximum Gasteiger partial charge on any atom is 0.0800 e. The molecule has 0 radical (unpaired) electrons. The number of rotatable bonds is 7. The second-order valence-corrected chi connectivity index (χ2v) is 4.70. The zero-order valence-electron chi connectivity index (χ0n) is 9.41. The molecule has 15 heavy (non-hydrogen) atoms. The fourth-order valence-electron chi connectivity index (χ4n) is 1.67. The fraction of sp³-hybridized carbons (Fsp3) is 0.538. The lowest BCUT2D eigenvalue weighted by Gasteiger charge is -2.09. The van der Waals surface area contributed by atoms with Crippen molar-refractivity contribution < 1.29 is 5.11 Å². The molecule has 1 aromatic heterocycles. The average Bonchev–Trinajstić information content (AvgIpc) is 2.64. The molecule has 0 fully saturated rings. The molecule has 2 heteroatoms. The van der Waals surface area contributed by atoms with Crippen molar-refractivity contribution in [2.45, 2.75) is 45.1 Å². The second-order valence-electron chi connectivity index (χ2n) is 3.95. The number of hydrogen-bond acceptors (Lipinski definition) is 2. The number of thiophene rings is 1. The normalized spacial score (nSPS) is 12.7. The number of allylic oxidation sites excluding steroid dienone is 1. The number of hydrogen-bond donors (Lipinski definition) is 1. The van der Waals surface area contributed by atoms with E-state index in [-0.39, 0.29) is 6.10 Å². The minimum Gasteiger partial charge on any atom is -0.388 e. The first-order valence-electron chi connectivity index (χ1n) is 5.57. The van der Waals surface area contributed by atoms with Gasteiger partial charge in [-0.2, -0.15) is 11.3 Å². The van der Waals surface area contributed by atoms with E-state index >= 15 is 0 Å². The molecule has 0 bridgehead atoms. The van der Waals surface area contributed by atoms with Crippen molar-refractivity contribution in [2.24, 2.45) is 0 Å². The van der Waals surface area contributed by atoms with E-state index in [1.165, 1.54) is 18.4 Å². The number of aliphatic hydroxyl groups excluding tert-OH is 1. The van der Waals surface area contributed by atoms with E-state index < -0.39 is 0 Å². The van der Waals surface area contributed by atoms with Gasteiger partial charge in [-0.1, -0.05) is 18.9 Å². The Labute approximate surface area is 96.5 Å². The lowest BCUT2D eigenvalue weighted by molar-refractivity contribution is 0.163. The van der Waals surface area contributed by atoms with Crippen LogP contribution in [-0.2, 0) is 0 Å². The van der Waals surface area contributed by atoms with E-state index in [1.807, 2.05) is 6.08 Å². The molecule has 0 aromatic carbocycles. The number of aryl methyl sites for hydroxylation is 1. The monoisotopic (exact) mass is 224 g/mol. The Hall–Kier alpha value is -0.600. The first-order chi connectivity index (χ1) is 7.25. The van der Waals surface area contributed by atoms with Gasteiger partial charge in [0.1, 0.15) is 0 Å². The van der Waals surface area contributed by atoms with Crippen molar-refractivity contribution in [3.8, 4) is 0 Å². The molecule has 1 rings (SSSR count). The van der Waals surface area contributed by atoms with Gasteiger partial charge in [0.25, 0.3) is 0 Å². The van der Waals surface area contributed by atoms with Gasteiger partial charge >= 0.3 is 0 Å². The van der Waals surface area contributed by atoms with Crippen LogP contribution in [0.1, 0.15) is 49.3 Å². The first-order valence-corrected chi connectivity index (χ1v) is 6.51. The Kier molecular flexibility index (Phi) is 5.66. The molecule has 1 N–H and O–H groups in total. The summed E-state index contributed by atoms with van der Waals surface area (Å²) in [7, 11) is 0. The molecule has 0 saturated carbocycles. The Balaban J connectivity index is 2.22. The minimum absolute atomic E-state index is 0.264. The van der Waals surface area contributed by atoms with E-state index in [4.69, 9.17) is 0 Å². The third kappa shape index (κ3) is 4.18. The fourth-order valence-corrected chi connectivity index (χ4v) is 2.57. The Morgan fingerprint density at radius 1 is 1.40 bits per heavy atom. The molecule has 0 aliphatic heterocycles. The number of aliphatic hydroxyl groups is 1. The SMILES string of the molecule is C=CCCCCCC(O)c1cscc1C. The van der Waals surface area contributed by atoms with Crippen LogP contribution in [0.15, 0.2) is 23.4 Å². The summed E-state index contributed by atoms with van der Waals surface area (Å²) < 4.78 is 0. The maximum atomic E-state index is 9.93. The molecule has 0 aliphatic carbocycles. The summed E-state index contributed by atoms with van der Waals surface area (Å²) in [5.74, 6) is 0. The molecule has 0 spiro atoms. The van der Waals surface area contributed by atoms with Gasteiger partial charge in [0.2, 0.25) is 0 Å². The van der Waals surface area contributed by atoms with Crippen LogP contribution in [0.3, 0.4) is 0 Å². The summed E-state index contributed by atoms with van der Waals surface area (Å²) in [4.78, 5) is 0. The third-order valence-corrected chi connectivity index (χ3v) is 3.52. The maximum absolute atomic E-state index is 9.93. The average molecular weight is 224 g/mol. The molecule has 84 valence electrons. The van der Waals surface area contributed by atoms with E-state index in [0.29, 0.717) is 0 Å². The largest absolute Gasteiger partial charge is 0.388 e. The van der Waals surface area contributed by atoms with Gasteiger partial charge in [-0.25, -0.2) is 0 Å². The van der Waals surface area contributed by atoms with Crippen LogP contribution < -0.4 is 0 Å². The first kappa shape index (κ1) is 12.5. The van der Waals surface area contributed by atoms with Crippen LogP contribution in [0.2, 0.25) is 0 Å². The van der Waals surface area contributed by atoms with Crippen LogP contribution in [0.5, 0.6) is 0 Å². The van der Waals surface area contributed by atoms with E-state index in [0.717, 1.165) is 24.8 Å². The predicted molar refractivity (Wildman–Crippen MR) is 67.3 cm³/mol. The lowest BCUT2D eigenvalue weighted by Crippen LogP contribution is -1.97. The summed E-state index contributed by atoms with van der Waals surface area (Å²) in [6, 6.07) is 0. The van der Waals surface area contributed by atoms with Gasteiger partial charge in [-0.3, -0.25) is 0 Å². The summed E-state index contributed by atoms with van der Waals surface area (Å²) in [5.41, 5.74) is 2.34. The molecule has 1 aromatic rings. The van der Waals surface area contributed by atoms with Gasteiger partial charge in [0, 0.05) is 0 Å². The molecule has 1 atom stereocenters. The minimum atomic E-state index is -0.264. The van der Waals surface area contributed by atoms with Crippen LogP contribution in [0.25, 0.3) is 0 Å². The smallest absolute Gasteiger partial charge is 0.0800 e. The molecule has 1 unspecified atom stereocenters. The summed E-state index contributed by atoms with van der Waals surface area (Å²) in [6.07, 6.45) is 7.15. The van der Waals surface area contributed by atoms with E-state index in [9.17, 15) is 5.11 Å². The lowest BCUT2D eigenvalue weighted by atomic mass is 10.0. The number of unbranched alkanes of at least 4 members (excludes halogenated alkanes) is 3. The second kappa shape index (κ2) is 6.81. The zero-order valence-corrected chi connectivity index (χ0v) is 10.2. The predicted octanol–water partition coefficient (Wildman–Crippen LogP) is 4.23. The molecule has 0 amide bonds. The highest BCUT2D eigenvalue weighted by Crippen LogP contribution is 2.25. The van der Waals surface area contributed by atoms with Crippen molar-refractivity contribution >= 4 is 11.3 Å². The molecule has 1 heterocycles. The van der Waals surface area contributed by atoms with Gasteiger partial charge < -0.3 is 5.11 Å². The van der Waals surface area contributed by atoms with Gasteiger partial charge in [-0.15, -0.1) is 6.58 Å². The van der Waals surface area contributed by atoms with Gasteiger partial charge in [-0.05, 0) is 48.1 Å². The zero-order chi connectivity index (χ0) is 11.1. The molecule has 1 nitrogen and oxygen atoms in total. The summed E-state index contributed by atoms with van der Waals surface area (Å²) in [6.45, 7) is 5.76. The third-order valence-electron chi connectivity index (χ3n) is 2.64. The van der Waals surface area contributed by atoms with Crippen LogP contribution in [-0.4, -0.2) is 5.11 Å². The van der Waals surface area contributed by atoms with Crippen molar-refractivity contribution in [2.75, 3.05) is 0 Å². The van der Waals surface area contributed by atoms with Crippen molar-refractivity contribution in [3.05, 3.63) is 34.5 Å². The quantitative estimate of drug-likeness (QED) is 0.543. The highest BCUT2D eigenvalue weighted by molar-refractivity contribution is 7.08. The van der Waals surface area contributed by atoms with Crippen LogP contribution in [0, 0.1) is 6.92 Å². The highest BCUT2D eigenvalue weighted by atomic mass is 32.1. The Morgan fingerprint density at radius 2 is 2.20 bits per heavy atom. The standard InChI is InChI=1S/C13H20OS/c1-3-4-5-6-7-8-13(14)12-10-15-9-11(12)2/h3,9-10,13-14H,1,4-8H2,2H3. The topological polar surface area (TPSA) is 20.2 Å². The molecular weight excluding hydrogens is 204 g/mol. The Morgan fingerprint density at radius 3 is 2.80 bits per heavy atom. The summed E-state index contributed by atoms with van der Waals surface area (Å²) in [5, 5.41) is 14.1. The van der Waals surface area contributed by atoms with Crippen molar-refractivity contribution in [1.29, 1.82) is 0 Å². The van der Waals surface area contributed by atoms with Gasteiger partial charge in [0.05, 0.1) is 6.10 Å². The van der Waals surface area contributed by atoms with E-state index in [1.54, 1.807) is 11.3 Å². The summed E-state index contributed by atoms with van der Waals surface area (Å²) >= 11 is 1.67. The van der Waals surface area contributed by atoms with E-state index in [2.05, 4.69) is 24.3 Å². The molecule has 0 saturated heterocycles.